The first kappa shape index (κ1) is 24.6. The number of fused-ring (bicyclic) bond motifs is 7. The van der Waals surface area contributed by atoms with Gasteiger partial charge >= 0.3 is 0 Å². The lowest BCUT2D eigenvalue weighted by atomic mass is 9.31. The van der Waals surface area contributed by atoms with Gasteiger partial charge in [-0.2, -0.15) is 0 Å². The average molecular weight is 461 g/mol. The summed E-state index contributed by atoms with van der Waals surface area (Å²) in [7, 11) is 0. The number of hydrogen-bond acceptors (Lipinski definition) is 3. The van der Waals surface area contributed by atoms with Crippen LogP contribution in [0.4, 0.5) is 0 Å². The second-order valence-corrected chi connectivity index (χ2v) is 15.6. The minimum Gasteiger partial charge on any atom is -0.390 e. The van der Waals surface area contributed by atoms with E-state index in [2.05, 4.69) is 41.5 Å². The summed E-state index contributed by atoms with van der Waals surface area (Å²) in [6.45, 7) is 18.6. The van der Waals surface area contributed by atoms with Crippen LogP contribution in [0.15, 0.2) is 0 Å². The highest BCUT2D eigenvalue weighted by atomic mass is 16.3. The molecule has 190 valence electrons. The summed E-state index contributed by atoms with van der Waals surface area (Å²) in [5, 5.41) is 34.8. The normalized spacial score (nSPS) is 58.1. The molecule has 0 radical (unpaired) electrons. The van der Waals surface area contributed by atoms with Crippen LogP contribution < -0.4 is 0 Å². The van der Waals surface area contributed by atoms with Gasteiger partial charge in [0.2, 0.25) is 0 Å². The zero-order chi connectivity index (χ0) is 24.4. The molecule has 0 bridgehead atoms. The highest BCUT2D eigenvalue weighted by molar-refractivity contribution is 5.23. The molecule has 0 aliphatic heterocycles. The molecule has 11 atom stereocenters. The molecule has 0 aromatic rings. The van der Waals surface area contributed by atoms with E-state index in [9.17, 15) is 15.3 Å². The molecule has 5 aliphatic carbocycles. The Morgan fingerprint density at radius 2 is 1.36 bits per heavy atom. The van der Waals surface area contributed by atoms with E-state index in [1.807, 2.05) is 13.8 Å². The van der Waals surface area contributed by atoms with Crippen molar-refractivity contribution in [3.8, 4) is 0 Å². The van der Waals surface area contributed by atoms with E-state index in [1.165, 1.54) is 32.1 Å². The molecule has 0 unspecified atom stereocenters. The van der Waals surface area contributed by atoms with E-state index in [0.717, 1.165) is 25.7 Å². The van der Waals surface area contributed by atoms with E-state index in [1.54, 1.807) is 0 Å². The highest BCUT2D eigenvalue weighted by Gasteiger charge is 2.74. The van der Waals surface area contributed by atoms with Crippen LogP contribution in [-0.4, -0.2) is 33.1 Å². The van der Waals surface area contributed by atoms with E-state index < -0.39 is 17.8 Å². The number of hydrogen-bond donors (Lipinski definition) is 3. The Morgan fingerprint density at radius 1 is 0.727 bits per heavy atom. The zero-order valence-corrected chi connectivity index (χ0v) is 22.7. The first-order chi connectivity index (χ1) is 15.0. The van der Waals surface area contributed by atoms with Crippen molar-refractivity contribution in [2.45, 2.75) is 131 Å². The minimum absolute atomic E-state index is 0.0195. The fourth-order valence-electron chi connectivity index (χ4n) is 12.3. The maximum Gasteiger partial charge on any atom is 0.0863 e. The van der Waals surface area contributed by atoms with Gasteiger partial charge in [-0.1, -0.05) is 48.0 Å². The molecule has 3 heteroatoms. The SMILES string of the molecule is CC(C)(O)[C@H]1CC[C@]2(C)[C@H]3CC[C@@H]4[C@@]5(C)CCCC(C)(C)[C@@H]5[C@@H](O)[C@@H](O)[C@@]4(C)[C@]3(C)CC[C@@H]12. The molecule has 33 heavy (non-hydrogen) atoms. The van der Waals surface area contributed by atoms with Crippen LogP contribution in [0.5, 0.6) is 0 Å². The molecule has 0 aromatic carbocycles. The smallest absolute Gasteiger partial charge is 0.0863 e. The third-order valence-corrected chi connectivity index (χ3v) is 13.6. The zero-order valence-electron chi connectivity index (χ0n) is 22.7. The van der Waals surface area contributed by atoms with Gasteiger partial charge in [0, 0.05) is 5.41 Å². The van der Waals surface area contributed by atoms with Gasteiger partial charge in [0.25, 0.3) is 0 Å². The van der Waals surface area contributed by atoms with E-state index in [4.69, 9.17) is 0 Å². The summed E-state index contributed by atoms with van der Waals surface area (Å²) < 4.78 is 0. The Kier molecular flexibility index (Phi) is 5.21. The van der Waals surface area contributed by atoms with Gasteiger partial charge in [-0.3, -0.25) is 0 Å². The van der Waals surface area contributed by atoms with Gasteiger partial charge in [-0.05, 0) is 116 Å². The fourth-order valence-corrected chi connectivity index (χ4v) is 12.3. The Labute approximate surface area is 203 Å². The molecule has 0 amide bonds. The van der Waals surface area contributed by atoms with Crippen molar-refractivity contribution in [2.75, 3.05) is 0 Å². The number of rotatable bonds is 1. The Balaban J connectivity index is 1.58. The molecular formula is C30H52O3. The molecule has 0 saturated heterocycles. The van der Waals surface area contributed by atoms with Crippen molar-refractivity contribution in [1.29, 1.82) is 0 Å². The third-order valence-electron chi connectivity index (χ3n) is 13.6. The van der Waals surface area contributed by atoms with Gasteiger partial charge in [0.05, 0.1) is 17.8 Å². The maximum absolute atomic E-state index is 12.0. The fraction of sp³-hybridized carbons (Fsp3) is 1.00. The first-order valence-electron chi connectivity index (χ1n) is 14.1. The molecule has 5 saturated carbocycles. The molecule has 5 rings (SSSR count). The van der Waals surface area contributed by atoms with Crippen LogP contribution in [0.25, 0.3) is 0 Å². The minimum atomic E-state index is -0.655. The van der Waals surface area contributed by atoms with Gasteiger partial charge in [-0.15, -0.1) is 0 Å². The van der Waals surface area contributed by atoms with Crippen LogP contribution in [0.3, 0.4) is 0 Å². The van der Waals surface area contributed by atoms with Crippen LogP contribution >= 0.6 is 0 Å². The van der Waals surface area contributed by atoms with Crippen LogP contribution in [0, 0.1) is 56.7 Å². The second-order valence-electron chi connectivity index (χ2n) is 15.6. The number of aliphatic hydroxyl groups is 3. The van der Waals surface area contributed by atoms with Crippen LogP contribution in [0.2, 0.25) is 0 Å². The lowest BCUT2D eigenvalue weighted by Crippen LogP contribution is -2.74. The van der Waals surface area contributed by atoms with E-state index >= 15 is 0 Å². The second kappa shape index (κ2) is 7.00. The predicted octanol–water partition coefficient (Wildman–Crippen LogP) is 6.19. The Bertz CT molecular complexity index is 799. The highest BCUT2D eigenvalue weighted by Crippen LogP contribution is 2.78. The van der Waals surface area contributed by atoms with Crippen LogP contribution in [0.1, 0.15) is 113 Å². The van der Waals surface area contributed by atoms with Crippen molar-refractivity contribution >= 4 is 0 Å². The lowest BCUT2D eigenvalue weighted by molar-refractivity contribution is -0.310. The number of aliphatic hydroxyl groups excluding tert-OH is 2. The van der Waals surface area contributed by atoms with E-state index in [0.29, 0.717) is 23.7 Å². The Hall–Kier alpha value is -0.120. The van der Waals surface area contributed by atoms with Crippen molar-refractivity contribution in [3.05, 3.63) is 0 Å². The van der Waals surface area contributed by atoms with Crippen molar-refractivity contribution in [2.24, 2.45) is 56.7 Å². The van der Waals surface area contributed by atoms with Crippen LogP contribution in [-0.2, 0) is 0 Å². The third kappa shape index (κ3) is 2.85. The molecule has 0 spiro atoms. The maximum atomic E-state index is 12.0. The monoisotopic (exact) mass is 460 g/mol. The molecule has 3 N–H and O–H groups in total. The van der Waals surface area contributed by atoms with E-state index in [-0.39, 0.29) is 33.0 Å². The summed E-state index contributed by atoms with van der Waals surface area (Å²) in [6, 6.07) is 0. The standard InChI is InChI=1S/C30H52O3/c1-25(2)14-9-15-28(6)21-11-10-20-27(5)16-12-18(26(3,4)33)19(27)13-17-29(20,7)30(21,8)24(32)22(31)23(25)28/h18-24,31-33H,9-17H2,1-8H3/t18-,19-,20+,21+,22+,23-,24+,27-,28+,29+,30-/m0/s1. The van der Waals surface area contributed by atoms with Gasteiger partial charge < -0.3 is 15.3 Å². The molecule has 5 fully saturated rings. The average Bonchev–Trinajstić information content (AvgIpc) is 3.04. The molecule has 0 heterocycles. The van der Waals surface area contributed by atoms with Crippen molar-refractivity contribution < 1.29 is 15.3 Å². The molecule has 0 aromatic heterocycles. The first-order valence-corrected chi connectivity index (χ1v) is 14.1. The quantitative estimate of drug-likeness (QED) is 0.437. The molecule has 5 aliphatic rings. The summed E-state index contributed by atoms with van der Waals surface area (Å²) in [5.74, 6) is 2.13. The largest absolute Gasteiger partial charge is 0.390 e. The lowest BCUT2D eigenvalue weighted by Gasteiger charge is -2.75. The Morgan fingerprint density at radius 3 is 2.00 bits per heavy atom. The molecule has 3 nitrogen and oxygen atoms in total. The van der Waals surface area contributed by atoms with Gasteiger partial charge in [-0.25, -0.2) is 0 Å². The topological polar surface area (TPSA) is 60.7 Å². The predicted molar refractivity (Wildman–Crippen MR) is 134 cm³/mol. The summed E-state index contributed by atoms with van der Waals surface area (Å²) in [4.78, 5) is 0. The molecular weight excluding hydrogens is 408 g/mol. The summed E-state index contributed by atoms with van der Waals surface area (Å²) >= 11 is 0. The summed E-state index contributed by atoms with van der Waals surface area (Å²) in [6.07, 6.45) is 9.29. The van der Waals surface area contributed by atoms with Gasteiger partial charge in [0.1, 0.15) is 0 Å². The summed E-state index contributed by atoms with van der Waals surface area (Å²) in [5.41, 5.74) is -0.486. The van der Waals surface area contributed by atoms with Crippen molar-refractivity contribution in [1.82, 2.24) is 0 Å². The van der Waals surface area contributed by atoms with Gasteiger partial charge in [0.15, 0.2) is 0 Å². The van der Waals surface area contributed by atoms with Crippen molar-refractivity contribution in [3.63, 3.8) is 0 Å².